The molecule has 5 atom stereocenters. The number of carbonyl (C=O) groups excluding carboxylic acids is 2. The Balaban J connectivity index is 1.30. The van der Waals surface area contributed by atoms with Crippen molar-refractivity contribution in [2.75, 3.05) is 46.1 Å². The molecule has 1 fully saturated rings. The molecule has 2 aliphatic rings. The summed E-state index contributed by atoms with van der Waals surface area (Å²) in [6.07, 6.45) is -1.17. The molecule has 5 rings (SSSR count). The van der Waals surface area contributed by atoms with Crippen LogP contribution in [0.15, 0.2) is 78.9 Å². The third-order valence-electron chi connectivity index (χ3n) is 9.20. The van der Waals surface area contributed by atoms with Crippen molar-refractivity contribution in [2.45, 2.75) is 63.8 Å². The standard InChI is InChI=1S/C39H51N3O7/c1-27(2)26-49-39(46)40-34(23-28-8-4-3-5-9-28)35(43)25-31(38(45)41-37-33-11-7-6-10-30(33)24-36(37)44)22-29-12-14-32(15-13-29)48-21-18-42-16-19-47-20-17-42/h3-15,27,31,34-37,43-44H,16-26H2,1-2H3,(H,40,46)(H,41,45)/t31-,34+,35+,36-,37+/m1/s1. The number of carbonyl (C=O) groups is 2. The lowest BCUT2D eigenvalue weighted by atomic mass is 9.88. The summed E-state index contributed by atoms with van der Waals surface area (Å²) in [5, 5.41) is 28.5. The number of aliphatic hydroxyl groups is 2. The minimum absolute atomic E-state index is 0.0794. The first kappa shape index (κ1) is 36.3. The predicted molar refractivity (Wildman–Crippen MR) is 187 cm³/mol. The highest BCUT2D eigenvalue weighted by Gasteiger charge is 2.35. The maximum atomic E-state index is 14.0. The molecule has 2 amide bonds. The van der Waals surface area contributed by atoms with E-state index in [2.05, 4.69) is 15.5 Å². The minimum atomic E-state index is -1.06. The fraction of sp³-hybridized carbons (Fsp3) is 0.487. The van der Waals surface area contributed by atoms with Crippen LogP contribution in [0.25, 0.3) is 0 Å². The monoisotopic (exact) mass is 673 g/mol. The van der Waals surface area contributed by atoms with Gasteiger partial charge in [0.05, 0.1) is 44.1 Å². The fourth-order valence-corrected chi connectivity index (χ4v) is 6.47. The van der Waals surface area contributed by atoms with Crippen molar-refractivity contribution in [3.05, 3.63) is 101 Å². The van der Waals surface area contributed by atoms with Crippen LogP contribution in [-0.2, 0) is 33.5 Å². The van der Waals surface area contributed by atoms with E-state index >= 15 is 0 Å². The van der Waals surface area contributed by atoms with Crippen molar-refractivity contribution in [1.29, 1.82) is 0 Å². The Bertz CT molecular complexity index is 1460. The van der Waals surface area contributed by atoms with Crippen LogP contribution in [0, 0.1) is 11.8 Å². The van der Waals surface area contributed by atoms with E-state index in [1.807, 2.05) is 92.7 Å². The van der Waals surface area contributed by atoms with Crippen LogP contribution in [-0.4, -0.2) is 91.4 Å². The van der Waals surface area contributed by atoms with Gasteiger partial charge < -0.3 is 35.1 Å². The molecular weight excluding hydrogens is 622 g/mol. The number of nitrogens with zero attached hydrogens (tertiary/aromatic N) is 1. The Kier molecular flexibility index (Phi) is 13.5. The molecule has 49 heavy (non-hydrogen) atoms. The number of morpholine rings is 1. The topological polar surface area (TPSA) is 130 Å². The molecule has 4 N–H and O–H groups in total. The van der Waals surface area contributed by atoms with Crippen molar-refractivity contribution in [1.82, 2.24) is 15.5 Å². The molecule has 1 aliphatic heterocycles. The van der Waals surface area contributed by atoms with Gasteiger partial charge in [0.25, 0.3) is 0 Å². The molecule has 10 heteroatoms. The number of nitrogens with one attached hydrogen (secondary N) is 2. The normalized spacial score (nSPS) is 19.4. The van der Waals surface area contributed by atoms with E-state index in [4.69, 9.17) is 14.2 Å². The molecule has 3 aromatic carbocycles. The number of fused-ring (bicyclic) bond motifs is 1. The van der Waals surface area contributed by atoms with E-state index in [1.165, 1.54) is 0 Å². The fourth-order valence-electron chi connectivity index (χ4n) is 6.47. The van der Waals surface area contributed by atoms with Crippen molar-refractivity contribution < 1.29 is 34.0 Å². The van der Waals surface area contributed by atoms with Crippen molar-refractivity contribution in [3.8, 4) is 5.75 Å². The molecule has 1 heterocycles. The second-order valence-corrected chi connectivity index (χ2v) is 13.5. The van der Waals surface area contributed by atoms with E-state index in [-0.39, 0.29) is 24.9 Å². The summed E-state index contributed by atoms with van der Waals surface area (Å²) in [6.45, 7) is 8.85. The highest BCUT2D eigenvalue weighted by molar-refractivity contribution is 5.80. The Hall–Kier alpha value is -3.96. The Morgan fingerprint density at radius 2 is 1.63 bits per heavy atom. The van der Waals surface area contributed by atoms with E-state index in [0.717, 1.165) is 60.9 Å². The van der Waals surface area contributed by atoms with E-state index in [9.17, 15) is 19.8 Å². The zero-order chi connectivity index (χ0) is 34.6. The van der Waals surface area contributed by atoms with Crippen LogP contribution in [0.2, 0.25) is 0 Å². The molecule has 264 valence electrons. The van der Waals surface area contributed by atoms with Crippen LogP contribution in [0.4, 0.5) is 4.79 Å². The van der Waals surface area contributed by atoms with Crippen LogP contribution in [0.3, 0.4) is 0 Å². The number of hydrogen-bond acceptors (Lipinski definition) is 8. The van der Waals surface area contributed by atoms with Crippen LogP contribution in [0.5, 0.6) is 5.75 Å². The largest absolute Gasteiger partial charge is 0.492 e. The zero-order valence-electron chi connectivity index (χ0n) is 28.6. The second kappa shape index (κ2) is 18.2. The number of hydrogen-bond donors (Lipinski definition) is 4. The van der Waals surface area contributed by atoms with Crippen molar-refractivity contribution >= 4 is 12.0 Å². The molecular formula is C39H51N3O7. The Morgan fingerprint density at radius 1 is 0.939 bits per heavy atom. The third-order valence-corrected chi connectivity index (χ3v) is 9.20. The molecule has 0 aromatic heterocycles. The first-order valence-electron chi connectivity index (χ1n) is 17.5. The summed E-state index contributed by atoms with van der Waals surface area (Å²) in [5.41, 5.74) is 3.75. The lowest BCUT2D eigenvalue weighted by molar-refractivity contribution is -0.127. The van der Waals surface area contributed by atoms with Gasteiger partial charge in [-0.3, -0.25) is 9.69 Å². The minimum Gasteiger partial charge on any atom is -0.492 e. The molecule has 10 nitrogen and oxygen atoms in total. The summed E-state index contributed by atoms with van der Waals surface area (Å²) in [6, 6.07) is 23.8. The maximum absolute atomic E-state index is 14.0. The van der Waals surface area contributed by atoms with E-state index < -0.39 is 36.3 Å². The van der Waals surface area contributed by atoms with Gasteiger partial charge in [0.2, 0.25) is 5.91 Å². The predicted octanol–water partition coefficient (Wildman–Crippen LogP) is 4.08. The molecule has 0 spiro atoms. The average molecular weight is 674 g/mol. The first-order valence-corrected chi connectivity index (χ1v) is 17.5. The van der Waals surface area contributed by atoms with Gasteiger partial charge >= 0.3 is 6.09 Å². The van der Waals surface area contributed by atoms with E-state index in [0.29, 0.717) is 25.9 Å². The van der Waals surface area contributed by atoms with Gasteiger partial charge in [-0.15, -0.1) is 0 Å². The smallest absolute Gasteiger partial charge is 0.407 e. The second-order valence-electron chi connectivity index (χ2n) is 13.5. The quantitative estimate of drug-likeness (QED) is 0.179. The first-order chi connectivity index (χ1) is 23.7. The van der Waals surface area contributed by atoms with Gasteiger partial charge in [-0.2, -0.15) is 0 Å². The molecule has 0 saturated carbocycles. The molecule has 0 bridgehead atoms. The third kappa shape index (κ3) is 11.0. The van der Waals surface area contributed by atoms with Gasteiger partial charge in [0, 0.05) is 32.0 Å². The van der Waals surface area contributed by atoms with Gasteiger partial charge in [-0.25, -0.2) is 4.79 Å². The van der Waals surface area contributed by atoms with Crippen molar-refractivity contribution in [3.63, 3.8) is 0 Å². The molecule has 0 unspecified atom stereocenters. The van der Waals surface area contributed by atoms with Gasteiger partial charge in [0.1, 0.15) is 12.4 Å². The summed E-state index contributed by atoms with van der Waals surface area (Å²) in [4.78, 5) is 29.1. The highest BCUT2D eigenvalue weighted by atomic mass is 16.5. The van der Waals surface area contributed by atoms with E-state index in [1.54, 1.807) is 0 Å². The Morgan fingerprint density at radius 3 is 2.37 bits per heavy atom. The molecule has 1 saturated heterocycles. The molecule has 3 aromatic rings. The van der Waals surface area contributed by atoms with Gasteiger partial charge in [-0.1, -0.05) is 80.6 Å². The van der Waals surface area contributed by atoms with Crippen LogP contribution < -0.4 is 15.4 Å². The number of alkyl carbamates (subject to hydrolysis) is 1. The highest BCUT2D eigenvalue weighted by Crippen LogP contribution is 2.32. The lowest BCUT2D eigenvalue weighted by Crippen LogP contribution is -2.47. The summed E-state index contributed by atoms with van der Waals surface area (Å²) < 4.78 is 16.8. The number of ether oxygens (including phenoxy) is 3. The maximum Gasteiger partial charge on any atom is 0.407 e. The summed E-state index contributed by atoms with van der Waals surface area (Å²) in [7, 11) is 0. The number of aliphatic hydroxyl groups excluding tert-OH is 2. The summed E-state index contributed by atoms with van der Waals surface area (Å²) in [5.74, 6) is -0.0222. The molecule has 1 aliphatic carbocycles. The van der Waals surface area contributed by atoms with Crippen LogP contribution >= 0.6 is 0 Å². The number of benzene rings is 3. The van der Waals surface area contributed by atoms with Crippen LogP contribution in [0.1, 0.15) is 48.6 Å². The number of amides is 2. The van der Waals surface area contributed by atoms with Gasteiger partial charge in [0.15, 0.2) is 0 Å². The molecule has 0 radical (unpaired) electrons. The average Bonchev–Trinajstić information content (AvgIpc) is 3.42. The van der Waals surface area contributed by atoms with Gasteiger partial charge in [-0.05, 0) is 59.6 Å². The SMILES string of the molecule is CC(C)COC(=O)N[C@@H](Cc1ccccc1)[C@@H](O)C[C@@H](Cc1ccc(OCCN2CCOCC2)cc1)C(=O)N[C@H]1c2ccccc2C[C@H]1O. The zero-order valence-corrected chi connectivity index (χ0v) is 28.6. The Labute approximate surface area is 289 Å². The lowest BCUT2D eigenvalue weighted by Gasteiger charge is -2.29. The van der Waals surface area contributed by atoms with Crippen molar-refractivity contribution in [2.24, 2.45) is 11.8 Å². The number of rotatable bonds is 16. The summed E-state index contributed by atoms with van der Waals surface area (Å²) >= 11 is 0.